The second-order valence-corrected chi connectivity index (χ2v) is 5.42. The molecule has 3 N–H and O–H groups in total. The largest absolute Gasteiger partial charge is 0.340 e. The lowest BCUT2D eigenvalue weighted by molar-refractivity contribution is 0.0755. The van der Waals surface area contributed by atoms with Crippen molar-refractivity contribution in [3.8, 4) is 0 Å². The van der Waals surface area contributed by atoms with E-state index >= 15 is 0 Å². The fourth-order valence-corrected chi connectivity index (χ4v) is 2.97. The van der Waals surface area contributed by atoms with Gasteiger partial charge < -0.3 is 10.3 Å². The zero-order valence-corrected chi connectivity index (χ0v) is 12.6. The van der Waals surface area contributed by atoms with E-state index in [9.17, 15) is 9.18 Å². The molecule has 0 aromatic heterocycles. The van der Waals surface area contributed by atoms with Gasteiger partial charge in [-0.3, -0.25) is 15.5 Å². The Morgan fingerprint density at radius 3 is 3.00 bits per heavy atom. The van der Waals surface area contributed by atoms with Crippen molar-refractivity contribution in [1.82, 2.24) is 9.80 Å². The Morgan fingerprint density at radius 1 is 1.57 bits per heavy atom. The second-order valence-electron chi connectivity index (χ2n) is 5.42. The maximum atomic E-state index is 13.7. The molecule has 116 valence electrons. The lowest BCUT2D eigenvalue weighted by Gasteiger charge is -2.28. The van der Waals surface area contributed by atoms with Crippen molar-refractivity contribution in [2.75, 3.05) is 32.1 Å². The van der Waals surface area contributed by atoms with Crippen LogP contribution in [0.2, 0.25) is 0 Å². The number of nitrogen functional groups attached to an aromatic ring is 1. The fraction of sp³-hybridized carbons (Fsp3) is 0.533. The smallest absolute Gasteiger partial charge is 0.255 e. The molecule has 6 heteroatoms. The van der Waals surface area contributed by atoms with Crippen LogP contribution in [0.4, 0.5) is 10.1 Å². The maximum absolute atomic E-state index is 13.7. The van der Waals surface area contributed by atoms with Gasteiger partial charge in [-0.05, 0) is 38.1 Å². The summed E-state index contributed by atoms with van der Waals surface area (Å²) < 4.78 is 13.7. The van der Waals surface area contributed by atoms with Gasteiger partial charge in [0, 0.05) is 19.6 Å². The Morgan fingerprint density at radius 2 is 2.33 bits per heavy atom. The van der Waals surface area contributed by atoms with Crippen LogP contribution in [0.5, 0.6) is 0 Å². The van der Waals surface area contributed by atoms with E-state index in [1.54, 1.807) is 18.0 Å². The number of anilines is 1. The van der Waals surface area contributed by atoms with Gasteiger partial charge >= 0.3 is 0 Å². The predicted octanol–water partition coefficient (Wildman–Crippen LogP) is 1.67. The summed E-state index contributed by atoms with van der Waals surface area (Å²) in [5.74, 6) is 4.59. The SMILES string of the molecule is CCN1CCCC1CN(C)C(=O)c1cccc(F)c1NN. The van der Waals surface area contributed by atoms with E-state index in [1.807, 2.05) is 0 Å². The zero-order valence-electron chi connectivity index (χ0n) is 12.6. The third-order valence-electron chi connectivity index (χ3n) is 4.12. The van der Waals surface area contributed by atoms with E-state index in [-0.39, 0.29) is 17.2 Å². The van der Waals surface area contributed by atoms with E-state index in [0.717, 1.165) is 25.9 Å². The molecule has 21 heavy (non-hydrogen) atoms. The third kappa shape index (κ3) is 3.33. The molecule has 1 unspecified atom stereocenters. The Kier molecular flexibility index (Phi) is 5.14. The van der Waals surface area contributed by atoms with E-state index in [1.165, 1.54) is 12.1 Å². The monoisotopic (exact) mass is 294 g/mol. The molecular weight excluding hydrogens is 271 g/mol. The summed E-state index contributed by atoms with van der Waals surface area (Å²) in [4.78, 5) is 16.5. The molecule has 0 aliphatic carbocycles. The van der Waals surface area contributed by atoms with Crippen LogP contribution in [-0.2, 0) is 0 Å². The summed E-state index contributed by atoms with van der Waals surface area (Å²) in [6.45, 7) is 4.84. The minimum atomic E-state index is -0.521. The number of nitrogens with two attached hydrogens (primary N) is 1. The summed E-state index contributed by atoms with van der Waals surface area (Å²) in [6, 6.07) is 4.77. The average molecular weight is 294 g/mol. The van der Waals surface area contributed by atoms with Crippen molar-refractivity contribution >= 4 is 11.6 Å². The Bertz CT molecular complexity index is 508. The second kappa shape index (κ2) is 6.87. The van der Waals surface area contributed by atoms with Crippen LogP contribution in [0.1, 0.15) is 30.1 Å². The highest BCUT2D eigenvalue weighted by molar-refractivity contribution is 5.99. The summed E-state index contributed by atoms with van der Waals surface area (Å²) in [7, 11) is 1.75. The molecule has 1 heterocycles. The highest BCUT2D eigenvalue weighted by atomic mass is 19.1. The van der Waals surface area contributed by atoms with Gasteiger partial charge in [0.2, 0.25) is 0 Å². The molecule has 0 radical (unpaired) electrons. The number of para-hydroxylation sites is 1. The summed E-state index contributed by atoms with van der Waals surface area (Å²) in [6.07, 6.45) is 2.26. The lowest BCUT2D eigenvalue weighted by atomic mass is 10.1. The number of halogens is 1. The minimum absolute atomic E-state index is 0.0492. The first-order valence-electron chi connectivity index (χ1n) is 7.33. The number of rotatable bonds is 5. The van der Waals surface area contributed by atoms with E-state index < -0.39 is 5.82 Å². The standard InChI is InChI=1S/C15H23FN4O/c1-3-20-9-5-6-11(20)10-19(2)15(21)12-7-4-8-13(16)14(12)18-17/h4,7-8,11,18H,3,5-6,9-10,17H2,1-2H3. The van der Waals surface area contributed by atoms with Gasteiger partial charge in [-0.2, -0.15) is 0 Å². The van der Waals surface area contributed by atoms with Crippen molar-refractivity contribution in [3.63, 3.8) is 0 Å². The topological polar surface area (TPSA) is 61.6 Å². The number of hydrogen-bond donors (Lipinski definition) is 2. The predicted molar refractivity (Wildman–Crippen MR) is 81.4 cm³/mol. The molecule has 1 fully saturated rings. The first-order chi connectivity index (χ1) is 10.1. The third-order valence-corrected chi connectivity index (χ3v) is 4.12. The average Bonchev–Trinajstić information content (AvgIpc) is 2.93. The van der Waals surface area contributed by atoms with Crippen LogP contribution < -0.4 is 11.3 Å². The number of nitrogens with zero attached hydrogens (tertiary/aromatic N) is 2. The Labute approximate surface area is 124 Å². The van der Waals surface area contributed by atoms with Gasteiger partial charge in [0.05, 0.1) is 11.3 Å². The number of carbonyl (C=O) groups excluding carboxylic acids is 1. The molecule has 1 amide bonds. The van der Waals surface area contributed by atoms with Crippen LogP contribution >= 0.6 is 0 Å². The molecule has 1 aromatic rings. The lowest BCUT2D eigenvalue weighted by Crippen LogP contribution is -2.41. The molecule has 2 rings (SSSR count). The van der Waals surface area contributed by atoms with Crippen LogP contribution in [0, 0.1) is 5.82 Å². The number of likely N-dealkylation sites (tertiary alicyclic amines) is 1. The van der Waals surface area contributed by atoms with E-state index in [4.69, 9.17) is 5.84 Å². The number of carbonyl (C=O) groups is 1. The van der Waals surface area contributed by atoms with Crippen molar-refractivity contribution in [1.29, 1.82) is 0 Å². The number of amides is 1. The fourth-order valence-electron chi connectivity index (χ4n) is 2.97. The summed E-state index contributed by atoms with van der Waals surface area (Å²) in [5, 5.41) is 0. The van der Waals surface area contributed by atoms with Gasteiger partial charge in [0.15, 0.2) is 0 Å². The number of hydrazine groups is 1. The van der Waals surface area contributed by atoms with Crippen molar-refractivity contribution < 1.29 is 9.18 Å². The van der Waals surface area contributed by atoms with Crippen LogP contribution in [0.15, 0.2) is 18.2 Å². The van der Waals surface area contributed by atoms with E-state index in [0.29, 0.717) is 12.6 Å². The van der Waals surface area contributed by atoms with Gasteiger partial charge in [-0.15, -0.1) is 0 Å². The molecule has 0 bridgehead atoms. The van der Waals surface area contributed by atoms with Crippen molar-refractivity contribution in [2.45, 2.75) is 25.8 Å². The first kappa shape index (κ1) is 15.7. The number of hydrogen-bond acceptors (Lipinski definition) is 4. The minimum Gasteiger partial charge on any atom is -0.340 e. The van der Waals surface area contributed by atoms with E-state index in [2.05, 4.69) is 17.2 Å². The molecule has 5 nitrogen and oxygen atoms in total. The van der Waals surface area contributed by atoms with Crippen LogP contribution in [0.25, 0.3) is 0 Å². The zero-order chi connectivity index (χ0) is 15.4. The molecule has 1 saturated heterocycles. The van der Waals surface area contributed by atoms with Crippen LogP contribution in [-0.4, -0.2) is 48.4 Å². The van der Waals surface area contributed by atoms with Crippen LogP contribution in [0.3, 0.4) is 0 Å². The molecule has 1 aliphatic rings. The number of benzene rings is 1. The summed E-state index contributed by atoms with van der Waals surface area (Å²) in [5.41, 5.74) is 2.59. The van der Waals surface area contributed by atoms with Crippen molar-refractivity contribution in [2.24, 2.45) is 5.84 Å². The molecular formula is C15H23FN4O. The quantitative estimate of drug-likeness (QED) is 0.640. The normalized spacial score (nSPS) is 18.8. The molecule has 1 aromatic carbocycles. The Balaban J connectivity index is 2.11. The molecule has 0 saturated carbocycles. The molecule has 1 aliphatic heterocycles. The molecule has 1 atom stereocenters. The van der Waals surface area contributed by atoms with Crippen molar-refractivity contribution in [3.05, 3.63) is 29.6 Å². The summed E-state index contributed by atoms with van der Waals surface area (Å²) >= 11 is 0. The first-order valence-corrected chi connectivity index (χ1v) is 7.33. The highest BCUT2D eigenvalue weighted by Gasteiger charge is 2.26. The maximum Gasteiger partial charge on any atom is 0.255 e. The molecule has 0 spiro atoms. The van der Waals surface area contributed by atoms with Gasteiger partial charge in [-0.1, -0.05) is 13.0 Å². The highest BCUT2D eigenvalue weighted by Crippen LogP contribution is 2.22. The Hall–Kier alpha value is -1.66. The van der Waals surface area contributed by atoms with Gasteiger partial charge in [-0.25, -0.2) is 4.39 Å². The van der Waals surface area contributed by atoms with Gasteiger partial charge in [0.25, 0.3) is 5.91 Å². The van der Waals surface area contributed by atoms with Gasteiger partial charge in [0.1, 0.15) is 5.82 Å². The number of likely N-dealkylation sites (N-methyl/N-ethyl adjacent to an activating group) is 2. The number of nitrogens with one attached hydrogen (secondary N) is 1.